The van der Waals surface area contributed by atoms with Crippen molar-refractivity contribution >= 4 is 114 Å². The van der Waals surface area contributed by atoms with E-state index in [1.807, 2.05) is 79.3 Å². The van der Waals surface area contributed by atoms with Gasteiger partial charge in [0.25, 0.3) is 0 Å². The van der Waals surface area contributed by atoms with Gasteiger partial charge < -0.3 is 19.9 Å². The Kier molecular flexibility index (Phi) is 27.7. The zero-order valence-electron chi connectivity index (χ0n) is 70.9. The zero-order valence-corrected chi connectivity index (χ0v) is 80.4. The van der Waals surface area contributed by atoms with Crippen molar-refractivity contribution in [3.05, 3.63) is 359 Å². The third kappa shape index (κ3) is 16.8. The molecule has 0 saturated heterocycles. The maximum Gasteiger partial charge on any atom is 0.381 e. The Balaban J connectivity index is 0.000000140. The van der Waals surface area contributed by atoms with E-state index in [0.29, 0.717) is 40.4 Å². The maximum atomic E-state index is 13.3. The molecule has 16 aromatic rings. The summed E-state index contributed by atoms with van der Waals surface area (Å²) in [5.41, 5.74) is 40.8. The van der Waals surface area contributed by atoms with Crippen molar-refractivity contribution in [3.63, 3.8) is 0 Å². The Morgan fingerprint density at radius 2 is 0.648 bits per heavy atom. The molecule has 0 bridgehead atoms. The Hall–Kier alpha value is -9.59. The molecular weight excluding hydrogens is 2210 g/mol. The molecule has 0 aliphatic carbocycles. The normalized spacial score (nSPS) is 12.1. The molecule has 8 heterocycles. The van der Waals surface area contributed by atoms with Crippen molar-refractivity contribution < 1.29 is 93.6 Å². The fourth-order valence-corrected chi connectivity index (χ4v) is 19.5. The first-order valence-electron chi connectivity index (χ1n) is 41.5. The quantitative estimate of drug-likeness (QED) is 0.101. The van der Waals surface area contributed by atoms with Crippen LogP contribution in [0.3, 0.4) is 0 Å². The molecule has 0 atom stereocenters. The standard InChI is InChI=1S/C33H29BN.C32H33BN.C22H12BF3N.C20H17BN.4Ir/c1-21(2)25-13-8-14-26(22(3)4)32(25)34-30-16-9-19-35-33(30)29-18-17-24(20-31(29)34)28-15-7-11-23-10-5-6-12-27(23)28;1-19(2)25-10-8-11-26(20(3)4)31(25)33-28-12-9-15-34-32(28)27-14-13-24(18-29(27)33)30-22(6)16-21(5)17-23(30)7;24-22(25,26)15-10-11-17-20(13-15)23(19-9-4-12-27-21(17)19)18-8-3-6-14-5-1-2-7-16(14)18;1-13-9-10-16-18(12-13)21(17-8-5-11-22-20(16)17)19-14(2)6-4-7-15(19)3;;;;/h5-17,19-22H,1-4H3;8-13,15-20H,1-7H3;1-10,12-13H;4-9,11-12H,1-3H3;;;;/q4*-1;;;;. The van der Waals surface area contributed by atoms with Crippen LogP contribution in [0, 0.1) is 65.8 Å². The predicted molar refractivity (Wildman–Crippen MR) is 494 cm³/mol. The fourth-order valence-electron chi connectivity index (χ4n) is 19.5. The Morgan fingerprint density at radius 1 is 0.295 bits per heavy atom. The van der Waals surface area contributed by atoms with Crippen LogP contribution in [-0.4, -0.2) is 46.8 Å². The molecule has 12 aromatic carbocycles. The molecule has 15 heteroatoms. The molecular formula is C107H91B4F3Ir4N4-4. The van der Waals surface area contributed by atoms with E-state index < -0.39 is 11.7 Å². The minimum absolute atomic E-state index is 0. The van der Waals surface area contributed by atoms with Crippen molar-refractivity contribution in [1.82, 2.24) is 19.9 Å². The molecule has 4 aromatic heterocycles. The van der Waals surface area contributed by atoms with Gasteiger partial charge in [-0.1, -0.05) is 354 Å². The molecule has 4 aliphatic rings. The molecule has 0 fully saturated rings. The van der Waals surface area contributed by atoms with Crippen LogP contribution in [0.25, 0.3) is 88.8 Å². The third-order valence-electron chi connectivity index (χ3n) is 24.6. The van der Waals surface area contributed by atoms with Gasteiger partial charge in [-0.2, -0.15) is 13.2 Å². The first-order chi connectivity index (χ1) is 57.0. The summed E-state index contributed by atoms with van der Waals surface area (Å²) >= 11 is 0. The summed E-state index contributed by atoms with van der Waals surface area (Å²) in [7, 11) is 0. The number of aromatic nitrogens is 4. The van der Waals surface area contributed by atoms with Gasteiger partial charge in [0.2, 0.25) is 0 Å². The Bertz CT molecular complexity index is 6520. The number of benzene rings is 12. The molecule has 4 radical (unpaired) electrons. The van der Waals surface area contributed by atoms with Crippen LogP contribution in [0.5, 0.6) is 0 Å². The average Bonchev–Trinajstić information content (AvgIpc) is 1.59. The smallest absolute Gasteiger partial charge is 0.305 e. The van der Waals surface area contributed by atoms with Crippen molar-refractivity contribution in [1.29, 1.82) is 0 Å². The fraction of sp³-hybridized carbons (Fsp3) is 0.178. The molecule has 122 heavy (non-hydrogen) atoms. The molecule has 4 nitrogen and oxygen atoms in total. The van der Waals surface area contributed by atoms with Gasteiger partial charge in [-0.25, -0.2) is 0 Å². The van der Waals surface area contributed by atoms with E-state index in [-0.39, 0.29) is 107 Å². The number of hydrogen-bond donors (Lipinski definition) is 0. The van der Waals surface area contributed by atoms with Crippen molar-refractivity contribution in [2.45, 2.75) is 127 Å². The van der Waals surface area contributed by atoms with E-state index in [4.69, 9.17) is 9.97 Å². The Labute approximate surface area is 773 Å². The van der Waals surface area contributed by atoms with Gasteiger partial charge in [-0.15, -0.1) is 122 Å². The number of hydrogen-bond acceptors (Lipinski definition) is 4. The van der Waals surface area contributed by atoms with Crippen LogP contribution >= 0.6 is 0 Å². The molecule has 20 rings (SSSR count). The summed E-state index contributed by atoms with van der Waals surface area (Å²) in [6.45, 7) is 31.9. The summed E-state index contributed by atoms with van der Waals surface area (Å²) in [4.78, 5) is 18.8. The summed E-state index contributed by atoms with van der Waals surface area (Å²) in [5.74, 6) is 1.79. The summed E-state index contributed by atoms with van der Waals surface area (Å²) in [6.07, 6.45) is 2.97. The van der Waals surface area contributed by atoms with Crippen LogP contribution in [0.1, 0.15) is 140 Å². The molecule has 612 valence electrons. The molecule has 0 amide bonds. The van der Waals surface area contributed by atoms with E-state index in [1.54, 1.807) is 6.20 Å². The van der Waals surface area contributed by atoms with Gasteiger partial charge >= 0.3 is 6.18 Å². The van der Waals surface area contributed by atoms with Gasteiger partial charge in [0, 0.05) is 105 Å². The van der Waals surface area contributed by atoms with Gasteiger partial charge in [-0.3, -0.25) is 0 Å². The minimum Gasteiger partial charge on any atom is -0.305 e. The minimum atomic E-state index is -4.41. The Morgan fingerprint density at radius 3 is 1.11 bits per heavy atom. The second-order valence-corrected chi connectivity index (χ2v) is 33.7. The van der Waals surface area contributed by atoms with Crippen LogP contribution in [0.4, 0.5) is 13.2 Å². The summed E-state index contributed by atoms with van der Waals surface area (Å²) < 4.78 is 40.0. The maximum absolute atomic E-state index is 13.3. The molecule has 0 saturated carbocycles. The number of nitrogens with zero attached hydrogens (tertiary/aromatic N) is 4. The predicted octanol–water partition coefficient (Wildman–Crippen LogP) is 18.5. The second kappa shape index (κ2) is 37.5. The third-order valence-corrected chi connectivity index (χ3v) is 24.6. The van der Waals surface area contributed by atoms with E-state index in [2.05, 4.69) is 307 Å². The molecule has 0 spiro atoms. The molecule has 4 aliphatic heterocycles. The second-order valence-electron chi connectivity index (χ2n) is 33.7. The number of alkyl halides is 3. The monoisotopic (exact) mass is 2300 g/mol. The van der Waals surface area contributed by atoms with Gasteiger partial charge in [0.05, 0.1) is 0 Å². The number of fused-ring (bicyclic) bond motifs is 14. The first kappa shape index (κ1) is 90.1. The number of halogens is 3. The van der Waals surface area contributed by atoms with Gasteiger partial charge in [0.15, 0.2) is 26.9 Å². The number of rotatable bonds is 10. The number of aryl methyl sites for hydroxylation is 6. The van der Waals surface area contributed by atoms with E-state index in [0.717, 1.165) is 61.5 Å². The van der Waals surface area contributed by atoms with Gasteiger partial charge in [0.1, 0.15) is 0 Å². The first-order valence-corrected chi connectivity index (χ1v) is 41.5. The van der Waals surface area contributed by atoms with Crippen LogP contribution < -0.4 is 65.6 Å². The van der Waals surface area contributed by atoms with Crippen molar-refractivity contribution in [3.8, 4) is 67.3 Å². The van der Waals surface area contributed by atoms with Crippen molar-refractivity contribution in [2.24, 2.45) is 0 Å². The molecule has 0 N–H and O–H groups in total. The van der Waals surface area contributed by atoms with Crippen LogP contribution in [0.15, 0.2) is 274 Å². The average molecular weight is 2300 g/mol. The van der Waals surface area contributed by atoms with Crippen LogP contribution in [-0.2, 0) is 86.6 Å². The largest absolute Gasteiger partial charge is 0.381 e. The van der Waals surface area contributed by atoms with Crippen LogP contribution in [0.2, 0.25) is 0 Å². The van der Waals surface area contributed by atoms with Crippen molar-refractivity contribution in [2.75, 3.05) is 0 Å². The summed E-state index contributed by atoms with van der Waals surface area (Å²) in [5, 5.41) is 4.63. The topological polar surface area (TPSA) is 51.6 Å². The zero-order chi connectivity index (χ0) is 82.1. The number of pyridine rings is 4. The molecule has 0 unspecified atom stereocenters. The van der Waals surface area contributed by atoms with Gasteiger partial charge in [-0.05, 0) is 132 Å². The van der Waals surface area contributed by atoms with E-state index >= 15 is 0 Å². The SMILES string of the molecule is CC(C)c1cccc(C(C)C)c1B1c2cc(-c3cccc4ccccc34)c[c-]c2-c2ncccc21.Cc1c[c-]c2c(c1)B(c1c(C)cccc1C)c1cccnc1-2.Cc1cc(C)c(-c2c[c-]c3c(c2)B(c2c(C(C)C)cccc2C(C)C)c2cccnc2-3)c(C)c1.FC(F)(F)c1c[c-]c2c(c1)B(c1cccc3ccccc13)c1cccnc1-2.[Ir].[Ir].[Ir].[Ir]. The van der Waals surface area contributed by atoms with E-state index in [9.17, 15) is 13.2 Å². The summed E-state index contributed by atoms with van der Waals surface area (Å²) in [6, 6.07) is 100. The van der Waals surface area contributed by atoms with E-state index in [1.165, 1.54) is 144 Å².